The number of anilines is 1. The fraction of sp³-hybridized carbons (Fsp3) is 0.182. The van der Waals surface area contributed by atoms with Crippen molar-refractivity contribution in [3.8, 4) is 11.5 Å². The lowest BCUT2D eigenvalue weighted by Crippen LogP contribution is -2.28. The number of amides is 1. The molecule has 0 aliphatic rings. The van der Waals surface area contributed by atoms with Crippen molar-refractivity contribution >= 4 is 40.6 Å². The van der Waals surface area contributed by atoms with Crippen molar-refractivity contribution in [3.63, 3.8) is 0 Å². The number of carbonyl (C=O) groups excluding carboxylic acids is 1. The molecule has 0 aliphatic carbocycles. The molecule has 0 aliphatic heterocycles. The van der Waals surface area contributed by atoms with Crippen molar-refractivity contribution in [2.75, 3.05) is 19.5 Å². The fourth-order valence-corrected chi connectivity index (χ4v) is 4.00. The van der Waals surface area contributed by atoms with Gasteiger partial charge in [-0.15, -0.1) is 5.10 Å². The van der Waals surface area contributed by atoms with E-state index in [4.69, 9.17) is 21.1 Å². The van der Waals surface area contributed by atoms with E-state index in [1.807, 2.05) is 24.3 Å². The summed E-state index contributed by atoms with van der Waals surface area (Å²) in [4.78, 5) is 25.2. The number of hydrogen-bond acceptors (Lipinski definition) is 7. The van der Waals surface area contributed by atoms with Gasteiger partial charge in [-0.05, 0) is 42.0 Å². The zero-order valence-corrected chi connectivity index (χ0v) is 19.4. The van der Waals surface area contributed by atoms with Crippen molar-refractivity contribution in [1.82, 2.24) is 19.4 Å². The second kappa shape index (κ2) is 9.97. The quantitative estimate of drug-likeness (QED) is 0.381. The number of benzene rings is 2. The highest BCUT2D eigenvalue weighted by atomic mass is 35.5. The summed E-state index contributed by atoms with van der Waals surface area (Å²) >= 11 is 7.40. The number of ether oxygens (including phenoxy) is 2. The van der Waals surface area contributed by atoms with Gasteiger partial charge in [0.1, 0.15) is 11.6 Å². The summed E-state index contributed by atoms with van der Waals surface area (Å²) in [5.74, 6) is 1.28. The monoisotopic (exact) mass is 485 g/mol. The van der Waals surface area contributed by atoms with Gasteiger partial charge in [0.15, 0.2) is 17.1 Å². The summed E-state index contributed by atoms with van der Waals surface area (Å²) in [6.45, 7) is -0.260. The van der Waals surface area contributed by atoms with Crippen molar-refractivity contribution in [2.45, 2.75) is 17.3 Å². The maximum Gasteiger partial charge on any atom is 0.367 e. The Morgan fingerprint density at radius 1 is 1.03 bits per heavy atom. The molecular formula is C22H20ClN5O4S. The van der Waals surface area contributed by atoms with Crippen LogP contribution in [0.1, 0.15) is 5.56 Å². The van der Waals surface area contributed by atoms with Gasteiger partial charge in [0.05, 0.1) is 14.2 Å². The molecule has 0 unspecified atom stereocenters. The van der Waals surface area contributed by atoms with Crippen LogP contribution < -0.4 is 20.5 Å². The van der Waals surface area contributed by atoms with E-state index in [0.29, 0.717) is 38.6 Å². The Morgan fingerprint density at radius 2 is 1.79 bits per heavy atom. The van der Waals surface area contributed by atoms with Gasteiger partial charge in [-0.1, -0.05) is 35.5 Å². The number of nitrogens with zero attached hydrogens (tertiary/aromatic N) is 4. The Hall–Kier alpha value is -3.50. The van der Waals surface area contributed by atoms with E-state index >= 15 is 0 Å². The van der Waals surface area contributed by atoms with Crippen LogP contribution in [-0.2, 0) is 17.1 Å². The van der Waals surface area contributed by atoms with E-state index in [2.05, 4.69) is 15.5 Å². The van der Waals surface area contributed by atoms with Gasteiger partial charge in [-0.2, -0.15) is 9.61 Å². The van der Waals surface area contributed by atoms with E-state index in [-0.39, 0.29) is 6.54 Å². The van der Waals surface area contributed by atoms with Gasteiger partial charge >= 0.3 is 5.69 Å². The van der Waals surface area contributed by atoms with Crippen LogP contribution >= 0.6 is 23.4 Å². The molecule has 4 rings (SSSR count). The highest BCUT2D eigenvalue weighted by Crippen LogP contribution is 2.29. The van der Waals surface area contributed by atoms with Crippen LogP contribution in [0.3, 0.4) is 0 Å². The van der Waals surface area contributed by atoms with Gasteiger partial charge in [0, 0.05) is 22.5 Å². The summed E-state index contributed by atoms with van der Waals surface area (Å²) in [6, 6.07) is 16.0. The molecule has 11 heteroatoms. The van der Waals surface area contributed by atoms with E-state index in [0.717, 1.165) is 10.2 Å². The molecule has 0 fully saturated rings. The van der Waals surface area contributed by atoms with Gasteiger partial charge in [-0.25, -0.2) is 9.48 Å². The number of halogens is 1. The number of methoxy groups -OCH3 is 2. The molecular weight excluding hydrogens is 466 g/mol. The minimum absolute atomic E-state index is 0.260. The number of carbonyl (C=O) groups is 1. The second-order valence-electron chi connectivity index (χ2n) is 6.91. The molecule has 170 valence electrons. The largest absolute Gasteiger partial charge is 0.493 e. The molecule has 2 aromatic heterocycles. The third-order valence-corrected chi connectivity index (χ3v) is 5.92. The summed E-state index contributed by atoms with van der Waals surface area (Å²) < 4.78 is 12.7. The molecule has 0 atom stereocenters. The van der Waals surface area contributed by atoms with E-state index in [1.165, 1.54) is 30.5 Å². The molecule has 2 aromatic carbocycles. The minimum Gasteiger partial charge on any atom is -0.493 e. The first kappa shape index (κ1) is 22.7. The minimum atomic E-state index is -0.499. The van der Waals surface area contributed by atoms with Crippen molar-refractivity contribution in [3.05, 3.63) is 75.7 Å². The first-order valence-electron chi connectivity index (χ1n) is 9.83. The van der Waals surface area contributed by atoms with Crippen LogP contribution in [0.25, 0.3) is 5.65 Å². The fourth-order valence-electron chi connectivity index (χ4n) is 3.06. The normalized spacial score (nSPS) is 10.9. The predicted octanol–water partition coefficient (Wildman–Crippen LogP) is 3.49. The van der Waals surface area contributed by atoms with Crippen molar-refractivity contribution in [1.29, 1.82) is 0 Å². The smallest absolute Gasteiger partial charge is 0.367 e. The summed E-state index contributed by atoms with van der Waals surface area (Å²) in [7, 11) is 3.04. The molecule has 1 N–H and O–H groups in total. The molecule has 0 saturated heterocycles. The number of aromatic nitrogens is 4. The highest BCUT2D eigenvalue weighted by molar-refractivity contribution is 7.98. The molecule has 9 nitrogen and oxygen atoms in total. The number of rotatable bonds is 8. The lowest BCUT2D eigenvalue weighted by Gasteiger charge is -2.10. The van der Waals surface area contributed by atoms with Crippen LogP contribution in [0.5, 0.6) is 11.5 Å². The predicted molar refractivity (Wildman–Crippen MR) is 126 cm³/mol. The second-order valence-corrected chi connectivity index (χ2v) is 8.35. The Labute approximate surface area is 198 Å². The third-order valence-electron chi connectivity index (χ3n) is 4.68. The Morgan fingerprint density at radius 3 is 2.52 bits per heavy atom. The Balaban J connectivity index is 1.46. The van der Waals surface area contributed by atoms with E-state index < -0.39 is 11.6 Å². The summed E-state index contributed by atoms with van der Waals surface area (Å²) in [6.07, 6.45) is 0. The van der Waals surface area contributed by atoms with E-state index in [9.17, 15) is 9.59 Å². The highest BCUT2D eigenvalue weighted by Gasteiger charge is 2.14. The number of thioether (sulfide) groups is 1. The number of fused-ring (bicyclic) bond motifs is 1. The van der Waals surface area contributed by atoms with Gasteiger partial charge in [0.2, 0.25) is 5.91 Å². The zero-order valence-electron chi connectivity index (χ0n) is 17.8. The maximum atomic E-state index is 12.7. The molecule has 2 heterocycles. The van der Waals surface area contributed by atoms with Gasteiger partial charge < -0.3 is 14.8 Å². The van der Waals surface area contributed by atoms with Crippen LogP contribution in [0, 0.1) is 0 Å². The molecule has 4 aromatic rings. The summed E-state index contributed by atoms with van der Waals surface area (Å²) in [5.41, 5.74) is 1.45. The average Bonchev–Trinajstić information content (AvgIpc) is 3.13. The first-order chi connectivity index (χ1) is 16.0. The van der Waals surface area contributed by atoms with E-state index in [1.54, 1.807) is 30.3 Å². The van der Waals surface area contributed by atoms with Crippen LogP contribution in [0.2, 0.25) is 5.02 Å². The summed E-state index contributed by atoms with van der Waals surface area (Å²) in [5, 5.41) is 12.6. The lowest BCUT2D eigenvalue weighted by molar-refractivity contribution is -0.117. The molecule has 0 spiro atoms. The lowest BCUT2D eigenvalue weighted by atomic mass is 10.2. The molecule has 0 saturated carbocycles. The SMILES string of the molecule is COc1ccc(NC(=O)Cn2nc3ccc(SCc4ccc(Cl)cc4)nn3c2=O)cc1OC. The molecule has 1 amide bonds. The molecule has 33 heavy (non-hydrogen) atoms. The maximum absolute atomic E-state index is 12.7. The number of hydrogen-bond donors (Lipinski definition) is 1. The zero-order chi connectivity index (χ0) is 23.4. The molecule has 0 radical (unpaired) electrons. The topological polar surface area (TPSA) is 99.7 Å². The molecule has 0 bridgehead atoms. The van der Waals surface area contributed by atoms with Crippen molar-refractivity contribution < 1.29 is 14.3 Å². The Kier molecular flexibility index (Phi) is 6.85. The Bertz CT molecular complexity index is 1350. The number of nitrogens with one attached hydrogen (secondary N) is 1. The van der Waals surface area contributed by atoms with Gasteiger partial charge in [-0.3, -0.25) is 4.79 Å². The third kappa shape index (κ3) is 5.29. The van der Waals surface area contributed by atoms with Crippen LogP contribution in [-0.4, -0.2) is 39.5 Å². The first-order valence-corrected chi connectivity index (χ1v) is 11.2. The van der Waals surface area contributed by atoms with Crippen molar-refractivity contribution in [2.24, 2.45) is 0 Å². The average molecular weight is 486 g/mol. The van der Waals surface area contributed by atoms with Crippen LogP contribution in [0.4, 0.5) is 5.69 Å². The van der Waals surface area contributed by atoms with Gasteiger partial charge in [0.25, 0.3) is 0 Å². The standard InChI is InChI=1S/C22H20ClN5O4S/c1-31-17-8-7-16(11-18(17)32-2)24-20(29)12-27-22(30)28-19(25-27)9-10-21(26-28)33-13-14-3-5-15(23)6-4-14/h3-11H,12-13H2,1-2H3,(H,24,29). The van der Waals surface area contributed by atoms with Crippen LogP contribution in [0.15, 0.2) is 64.4 Å².